The van der Waals surface area contributed by atoms with Crippen LogP contribution in [0.1, 0.15) is 38.3 Å². The van der Waals surface area contributed by atoms with Gasteiger partial charge in [0.15, 0.2) is 0 Å². The molecule has 2 amide bonds. The molecular formula is C20H23F3N4O4. The highest BCUT2D eigenvalue weighted by Gasteiger charge is 2.62. The van der Waals surface area contributed by atoms with E-state index in [1.807, 2.05) is 0 Å². The molecule has 1 aliphatic carbocycles. The molecule has 8 nitrogen and oxygen atoms in total. The quantitative estimate of drug-likeness (QED) is 0.753. The molecule has 1 aromatic carbocycles. The van der Waals surface area contributed by atoms with Crippen LogP contribution in [0.4, 0.5) is 28.4 Å². The number of benzene rings is 1. The summed E-state index contributed by atoms with van der Waals surface area (Å²) >= 11 is 0. The van der Waals surface area contributed by atoms with Crippen molar-refractivity contribution in [2.45, 2.75) is 44.5 Å². The van der Waals surface area contributed by atoms with Crippen molar-refractivity contribution in [1.29, 1.82) is 0 Å². The fourth-order valence-corrected chi connectivity index (χ4v) is 4.05. The van der Waals surface area contributed by atoms with E-state index in [0.717, 1.165) is 6.07 Å². The number of rotatable bonds is 3. The number of cyclic esters (lactones) is 1. The zero-order valence-corrected chi connectivity index (χ0v) is 17.3. The molecule has 2 N–H and O–H groups in total. The van der Waals surface area contributed by atoms with Crippen LogP contribution in [0.25, 0.3) is 0 Å². The minimum Gasteiger partial charge on any atom is -0.444 e. The van der Waals surface area contributed by atoms with Gasteiger partial charge in [0.05, 0.1) is 11.1 Å². The normalized spacial score (nSPS) is 25.2. The topological polar surface area (TPSA) is 92.3 Å². The van der Waals surface area contributed by atoms with Crippen molar-refractivity contribution in [2.24, 2.45) is 11.0 Å². The lowest BCUT2D eigenvalue weighted by atomic mass is 10.0. The average Bonchev–Trinajstić information content (AvgIpc) is 3.18. The Morgan fingerprint density at radius 3 is 2.71 bits per heavy atom. The Morgan fingerprint density at radius 2 is 2.10 bits per heavy atom. The highest BCUT2D eigenvalue weighted by Crippen LogP contribution is 2.52. The number of carbonyl (C=O) groups is 2. The summed E-state index contributed by atoms with van der Waals surface area (Å²) in [5.74, 6) is 0.0621. The van der Waals surface area contributed by atoms with Gasteiger partial charge in [0.2, 0.25) is 0 Å². The van der Waals surface area contributed by atoms with E-state index in [1.165, 1.54) is 12.1 Å². The fraction of sp³-hybridized carbons (Fsp3) is 0.550. The standard InChI is InChI=1S/C20H23F3N4O4/c1-18(2,3)31-16(28)24-19-7-12(19)8-27(10-19)15-5-4-11(6-13(15)20(21,22)23)14-9-30-17(29)26-25-14/h4-6,12H,7-10H2,1-3H3,(H,24,28)(H,26,29). The van der Waals surface area contributed by atoms with Crippen LogP contribution in [0.5, 0.6) is 0 Å². The largest absolute Gasteiger partial charge is 0.444 e. The third-order valence-electron chi connectivity index (χ3n) is 5.49. The number of fused-ring (bicyclic) bond motifs is 1. The van der Waals surface area contributed by atoms with Gasteiger partial charge in [-0.2, -0.15) is 18.3 Å². The molecule has 1 saturated carbocycles. The molecule has 2 heterocycles. The minimum atomic E-state index is -4.59. The number of nitrogens with zero attached hydrogens (tertiary/aromatic N) is 2. The molecule has 1 aromatic rings. The summed E-state index contributed by atoms with van der Waals surface area (Å²) < 4.78 is 51.6. The van der Waals surface area contributed by atoms with Crippen molar-refractivity contribution in [3.8, 4) is 0 Å². The van der Waals surface area contributed by atoms with E-state index >= 15 is 0 Å². The van der Waals surface area contributed by atoms with Crippen LogP contribution in [0, 0.1) is 5.92 Å². The van der Waals surface area contributed by atoms with Crippen LogP contribution < -0.4 is 15.6 Å². The van der Waals surface area contributed by atoms with Gasteiger partial charge in [-0.25, -0.2) is 15.0 Å². The summed E-state index contributed by atoms with van der Waals surface area (Å²) in [7, 11) is 0. The molecule has 4 rings (SSSR count). The van der Waals surface area contributed by atoms with Crippen molar-refractivity contribution >= 4 is 23.6 Å². The van der Waals surface area contributed by atoms with Crippen LogP contribution >= 0.6 is 0 Å². The number of amides is 2. The number of hydrogen-bond acceptors (Lipinski definition) is 6. The highest BCUT2D eigenvalue weighted by molar-refractivity contribution is 6.04. The van der Waals surface area contributed by atoms with Crippen molar-refractivity contribution in [3.05, 3.63) is 29.3 Å². The number of anilines is 1. The van der Waals surface area contributed by atoms with Crippen LogP contribution in [0.15, 0.2) is 23.3 Å². The predicted octanol–water partition coefficient (Wildman–Crippen LogP) is 3.25. The number of carbonyl (C=O) groups excluding carboxylic acids is 2. The molecule has 168 valence electrons. The Balaban J connectivity index is 1.55. The van der Waals surface area contributed by atoms with Crippen molar-refractivity contribution in [1.82, 2.24) is 10.7 Å². The van der Waals surface area contributed by atoms with Gasteiger partial charge in [-0.05, 0) is 39.3 Å². The van der Waals surface area contributed by atoms with Gasteiger partial charge < -0.3 is 19.7 Å². The van der Waals surface area contributed by atoms with Gasteiger partial charge in [-0.3, -0.25) is 0 Å². The summed E-state index contributed by atoms with van der Waals surface area (Å²) in [5.41, 5.74) is 0.498. The second-order valence-electron chi connectivity index (χ2n) is 9.04. The molecule has 0 radical (unpaired) electrons. The van der Waals surface area contributed by atoms with E-state index in [9.17, 15) is 22.8 Å². The van der Waals surface area contributed by atoms with Crippen molar-refractivity contribution in [3.63, 3.8) is 0 Å². The molecule has 2 unspecified atom stereocenters. The molecule has 31 heavy (non-hydrogen) atoms. The second-order valence-corrected chi connectivity index (χ2v) is 9.04. The summed E-state index contributed by atoms with van der Waals surface area (Å²) in [6.45, 7) is 5.70. The summed E-state index contributed by atoms with van der Waals surface area (Å²) in [4.78, 5) is 24.9. The number of alkyl carbamates (subject to hydrolysis) is 1. The molecule has 11 heteroatoms. The number of ether oxygens (including phenoxy) is 2. The van der Waals surface area contributed by atoms with Gasteiger partial charge in [-0.1, -0.05) is 6.07 Å². The molecule has 0 bridgehead atoms. The number of hydrogen-bond donors (Lipinski definition) is 2. The zero-order chi connectivity index (χ0) is 22.6. The molecule has 0 spiro atoms. The smallest absolute Gasteiger partial charge is 0.428 e. The molecule has 2 aliphatic heterocycles. The van der Waals surface area contributed by atoms with E-state index in [4.69, 9.17) is 9.47 Å². The van der Waals surface area contributed by atoms with Gasteiger partial charge in [0.25, 0.3) is 0 Å². The van der Waals surface area contributed by atoms with Crippen LogP contribution in [-0.2, 0) is 15.7 Å². The van der Waals surface area contributed by atoms with Gasteiger partial charge >= 0.3 is 18.4 Å². The fourth-order valence-electron chi connectivity index (χ4n) is 4.05. The number of nitrogens with one attached hydrogen (secondary N) is 2. The molecule has 0 aromatic heterocycles. The number of halogens is 3. The number of piperidine rings is 1. The lowest BCUT2D eigenvalue weighted by Crippen LogP contribution is -2.44. The second kappa shape index (κ2) is 7.03. The third kappa shape index (κ3) is 4.40. The zero-order valence-electron chi connectivity index (χ0n) is 17.3. The van der Waals surface area contributed by atoms with Crippen LogP contribution in [0.2, 0.25) is 0 Å². The first-order valence-corrected chi connectivity index (χ1v) is 9.83. The van der Waals surface area contributed by atoms with Gasteiger partial charge in [-0.15, -0.1) is 0 Å². The lowest BCUT2D eigenvalue weighted by Gasteiger charge is -2.28. The predicted molar refractivity (Wildman–Crippen MR) is 105 cm³/mol. The Hall–Kier alpha value is -2.98. The number of alkyl halides is 3. The Kier molecular flexibility index (Phi) is 4.82. The molecule has 1 saturated heterocycles. The van der Waals surface area contributed by atoms with Gasteiger partial charge in [0.1, 0.15) is 17.9 Å². The minimum absolute atomic E-state index is 0.0372. The van der Waals surface area contributed by atoms with Crippen LogP contribution in [0.3, 0.4) is 0 Å². The maximum Gasteiger partial charge on any atom is 0.428 e. The summed E-state index contributed by atoms with van der Waals surface area (Å²) in [5, 5.41) is 6.62. The van der Waals surface area contributed by atoms with E-state index in [1.54, 1.807) is 25.7 Å². The Labute approximate surface area is 176 Å². The van der Waals surface area contributed by atoms with E-state index < -0.39 is 35.1 Å². The average molecular weight is 440 g/mol. The highest BCUT2D eigenvalue weighted by atomic mass is 19.4. The van der Waals surface area contributed by atoms with Crippen molar-refractivity contribution < 1.29 is 32.2 Å². The molecular weight excluding hydrogens is 417 g/mol. The van der Waals surface area contributed by atoms with Crippen molar-refractivity contribution in [2.75, 3.05) is 24.6 Å². The lowest BCUT2D eigenvalue weighted by molar-refractivity contribution is -0.137. The monoisotopic (exact) mass is 440 g/mol. The van der Waals surface area contributed by atoms with Crippen LogP contribution in [-0.4, -0.2) is 48.7 Å². The maximum atomic E-state index is 13.9. The van der Waals surface area contributed by atoms with E-state index in [-0.39, 0.29) is 36.0 Å². The molecule has 3 aliphatic rings. The first kappa shape index (κ1) is 21.3. The Bertz CT molecular complexity index is 957. The third-order valence-corrected chi connectivity index (χ3v) is 5.49. The number of hydrazone groups is 1. The SMILES string of the molecule is CC(C)(C)OC(=O)NC12CC1CN(c1ccc(C3=NNC(=O)OC3)cc1C(F)(F)F)C2. The summed E-state index contributed by atoms with van der Waals surface area (Å²) in [6, 6.07) is 3.91. The molecule has 2 fully saturated rings. The van der Waals surface area contributed by atoms with E-state index in [2.05, 4.69) is 15.8 Å². The van der Waals surface area contributed by atoms with E-state index in [0.29, 0.717) is 13.0 Å². The maximum absolute atomic E-state index is 13.9. The Morgan fingerprint density at radius 1 is 1.35 bits per heavy atom. The summed E-state index contributed by atoms with van der Waals surface area (Å²) in [6.07, 6.45) is -5.21. The first-order chi connectivity index (χ1) is 14.4. The first-order valence-electron chi connectivity index (χ1n) is 9.83. The molecule has 2 atom stereocenters. The van der Waals surface area contributed by atoms with Gasteiger partial charge in [0, 0.05) is 30.3 Å².